The summed E-state index contributed by atoms with van der Waals surface area (Å²) < 4.78 is 2.53. The summed E-state index contributed by atoms with van der Waals surface area (Å²) in [6, 6.07) is 11.5. The Morgan fingerprint density at radius 1 is 1.03 bits per heavy atom. The zero-order valence-electron chi connectivity index (χ0n) is 20.3. The van der Waals surface area contributed by atoms with Gasteiger partial charge in [0.25, 0.3) is 0 Å². The molecule has 0 aliphatic carbocycles. The first-order chi connectivity index (χ1) is 16.0. The van der Waals surface area contributed by atoms with E-state index in [1.54, 1.807) is 0 Å². The summed E-state index contributed by atoms with van der Waals surface area (Å²) in [5.41, 5.74) is 12.3. The number of aromatic nitrogens is 2. The molecular formula is C28H32N4S. The average molecular weight is 457 g/mol. The topological polar surface area (TPSA) is 24.3 Å². The molecular weight excluding hydrogens is 424 g/mol. The highest BCUT2D eigenvalue weighted by Gasteiger charge is 2.30. The third-order valence-corrected chi connectivity index (χ3v) is 8.74. The highest BCUT2D eigenvalue weighted by atomic mass is 32.1. The lowest BCUT2D eigenvalue weighted by Crippen LogP contribution is -2.29. The van der Waals surface area contributed by atoms with E-state index in [1.165, 1.54) is 65.8 Å². The van der Waals surface area contributed by atoms with Crippen LogP contribution in [0.25, 0.3) is 22.0 Å². The summed E-state index contributed by atoms with van der Waals surface area (Å²) in [6.45, 7) is 13.1. The van der Waals surface area contributed by atoms with Gasteiger partial charge in [-0.15, -0.1) is 11.3 Å². The van der Waals surface area contributed by atoms with Crippen LogP contribution in [-0.2, 0) is 25.9 Å². The van der Waals surface area contributed by atoms with Gasteiger partial charge < -0.3 is 14.4 Å². The van der Waals surface area contributed by atoms with Crippen LogP contribution >= 0.6 is 11.3 Å². The SMILES string of the molecule is CCc1c(C)c2c3c(cc(C)n3CCN2c2nc3c(s2)CCN(C)C3)c1-c1ccc(C)cc1. The van der Waals surface area contributed by atoms with Crippen molar-refractivity contribution in [3.63, 3.8) is 0 Å². The second-order valence-corrected chi connectivity index (χ2v) is 10.8. The van der Waals surface area contributed by atoms with Gasteiger partial charge in [-0.2, -0.15) is 0 Å². The van der Waals surface area contributed by atoms with Crippen molar-refractivity contribution >= 4 is 33.1 Å². The molecule has 2 aliphatic heterocycles. The van der Waals surface area contributed by atoms with Gasteiger partial charge in [-0.25, -0.2) is 4.98 Å². The van der Waals surface area contributed by atoms with Gasteiger partial charge >= 0.3 is 0 Å². The number of hydrogen-bond donors (Lipinski definition) is 0. The minimum Gasteiger partial charge on any atom is -0.341 e. The number of likely N-dealkylation sites (N-methyl/N-ethyl adjacent to an activating group) is 1. The Balaban J connectivity index is 1.60. The molecule has 6 rings (SSSR count). The van der Waals surface area contributed by atoms with E-state index in [2.05, 4.69) is 79.4 Å². The van der Waals surface area contributed by atoms with Crippen LogP contribution < -0.4 is 4.90 Å². The minimum atomic E-state index is 0.968. The number of nitrogens with zero attached hydrogens (tertiary/aromatic N) is 4. The predicted molar refractivity (Wildman–Crippen MR) is 140 cm³/mol. The van der Waals surface area contributed by atoms with Crippen molar-refractivity contribution in [2.45, 2.75) is 53.6 Å². The third kappa shape index (κ3) is 3.17. The van der Waals surface area contributed by atoms with Crippen LogP contribution in [0, 0.1) is 20.8 Å². The summed E-state index contributed by atoms with van der Waals surface area (Å²) in [5.74, 6) is 0. The van der Waals surface area contributed by atoms with Crippen molar-refractivity contribution in [2.75, 3.05) is 25.0 Å². The van der Waals surface area contributed by atoms with E-state index in [9.17, 15) is 0 Å². The van der Waals surface area contributed by atoms with Crippen molar-refractivity contribution in [3.8, 4) is 11.1 Å². The molecule has 0 saturated heterocycles. The van der Waals surface area contributed by atoms with E-state index in [0.717, 1.165) is 39.0 Å². The number of hydrogen-bond acceptors (Lipinski definition) is 4. The lowest BCUT2D eigenvalue weighted by molar-refractivity contribution is 0.311. The van der Waals surface area contributed by atoms with Crippen molar-refractivity contribution in [3.05, 3.63) is 63.3 Å². The molecule has 0 radical (unpaired) electrons. The zero-order valence-corrected chi connectivity index (χ0v) is 21.1. The molecule has 4 aromatic rings. The monoisotopic (exact) mass is 456 g/mol. The quantitative estimate of drug-likeness (QED) is 0.357. The van der Waals surface area contributed by atoms with Crippen molar-refractivity contribution in [1.82, 2.24) is 14.5 Å². The second kappa shape index (κ2) is 7.71. The first-order valence-corrected chi connectivity index (χ1v) is 12.9. The summed E-state index contributed by atoms with van der Waals surface area (Å²) in [5, 5.41) is 2.56. The molecule has 5 heteroatoms. The van der Waals surface area contributed by atoms with Gasteiger partial charge in [0.1, 0.15) is 0 Å². The van der Waals surface area contributed by atoms with Crippen molar-refractivity contribution in [2.24, 2.45) is 0 Å². The predicted octanol–water partition coefficient (Wildman–Crippen LogP) is 6.39. The fourth-order valence-electron chi connectivity index (χ4n) is 5.84. The molecule has 0 unspecified atom stereocenters. The third-order valence-electron chi connectivity index (χ3n) is 7.56. The number of aryl methyl sites for hydroxylation is 2. The van der Waals surface area contributed by atoms with Crippen molar-refractivity contribution < 1.29 is 0 Å². The molecule has 0 amide bonds. The summed E-state index contributed by atoms with van der Waals surface area (Å²) >= 11 is 1.91. The van der Waals surface area contributed by atoms with Gasteiger partial charge in [0, 0.05) is 42.1 Å². The number of anilines is 2. The summed E-state index contributed by atoms with van der Waals surface area (Å²) in [6.07, 6.45) is 2.14. The molecule has 0 N–H and O–H groups in total. The first-order valence-electron chi connectivity index (χ1n) is 12.1. The average Bonchev–Trinajstić information content (AvgIpc) is 3.37. The van der Waals surface area contributed by atoms with Crippen LogP contribution in [0.1, 0.15) is 39.9 Å². The summed E-state index contributed by atoms with van der Waals surface area (Å²) in [4.78, 5) is 11.6. The van der Waals surface area contributed by atoms with Gasteiger partial charge in [0.2, 0.25) is 0 Å². The lowest BCUT2D eigenvalue weighted by Gasteiger charge is -2.32. The van der Waals surface area contributed by atoms with E-state index >= 15 is 0 Å². The smallest absolute Gasteiger partial charge is 0.190 e. The van der Waals surface area contributed by atoms with Crippen molar-refractivity contribution in [1.29, 1.82) is 0 Å². The number of fused-ring (bicyclic) bond motifs is 1. The van der Waals surface area contributed by atoms with Gasteiger partial charge in [0.15, 0.2) is 5.13 Å². The Labute approximate surface area is 200 Å². The van der Waals surface area contributed by atoms with Crippen LogP contribution in [0.4, 0.5) is 10.8 Å². The maximum Gasteiger partial charge on any atom is 0.190 e. The van der Waals surface area contributed by atoms with E-state index in [-0.39, 0.29) is 0 Å². The molecule has 0 saturated carbocycles. The zero-order chi connectivity index (χ0) is 22.9. The number of thiazole rings is 1. The molecule has 0 spiro atoms. The Morgan fingerprint density at radius 2 is 1.82 bits per heavy atom. The van der Waals surface area contributed by atoms with Crippen LogP contribution in [0.2, 0.25) is 0 Å². The van der Waals surface area contributed by atoms with E-state index in [0.29, 0.717) is 0 Å². The second-order valence-electron chi connectivity index (χ2n) is 9.75. The molecule has 2 aliphatic rings. The van der Waals surface area contributed by atoms with E-state index in [1.807, 2.05) is 11.3 Å². The Morgan fingerprint density at radius 3 is 2.58 bits per heavy atom. The van der Waals surface area contributed by atoms with Crippen LogP contribution in [0.15, 0.2) is 30.3 Å². The molecule has 2 aromatic heterocycles. The maximum atomic E-state index is 5.17. The molecule has 0 fully saturated rings. The fraction of sp³-hybridized carbons (Fsp3) is 0.393. The molecule has 2 aromatic carbocycles. The van der Waals surface area contributed by atoms with Gasteiger partial charge in [-0.05, 0) is 69.0 Å². The highest BCUT2D eigenvalue weighted by molar-refractivity contribution is 7.15. The minimum absolute atomic E-state index is 0.968. The molecule has 170 valence electrons. The largest absolute Gasteiger partial charge is 0.341 e. The molecule has 0 bridgehead atoms. The molecule has 4 nitrogen and oxygen atoms in total. The Kier molecular flexibility index (Phi) is 4.89. The fourth-order valence-corrected chi connectivity index (χ4v) is 6.93. The highest BCUT2D eigenvalue weighted by Crippen LogP contribution is 2.47. The maximum absolute atomic E-state index is 5.17. The van der Waals surface area contributed by atoms with E-state index in [4.69, 9.17) is 4.98 Å². The van der Waals surface area contributed by atoms with Gasteiger partial charge in [-0.1, -0.05) is 36.8 Å². The van der Waals surface area contributed by atoms with E-state index < -0.39 is 0 Å². The molecule has 4 heterocycles. The standard InChI is InChI=1S/C28H32N4S/c1-6-21-19(4)26-27-22(25(21)20-9-7-17(2)8-10-20)15-18(3)31(27)13-14-32(26)28-29-23-16-30(5)12-11-24(23)33-28/h7-10,15H,6,11-14,16H2,1-5H3. The Bertz CT molecular complexity index is 1380. The normalized spacial score (nSPS) is 16.0. The van der Waals surface area contributed by atoms with Crippen LogP contribution in [-0.4, -0.2) is 34.6 Å². The summed E-state index contributed by atoms with van der Waals surface area (Å²) in [7, 11) is 2.20. The number of benzene rings is 2. The molecule has 0 atom stereocenters. The lowest BCUT2D eigenvalue weighted by atomic mass is 9.89. The van der Waals surface area contributed by atoms with Gasteiger partial charge in [-0.3, -0.25) is 0 Å². The first kappa shape index (κ1) is 20.9. The van der Waals surface area contributed by atoms with Crippen LogP contribution in [0.5, 0.6) is 0 Å². The van der Waals surface area contributed by atoms with Gasteiger partial charge in [0.05, 0.1) is 16.9 Å². The number of rotatable bonds is 3. The Hall–Kier alpha value is -2.63. The van der Waals surface area contributed by atoms with Crippen LogP contribution in [0.3, 0.4) is 0 Å². The molecule has 33 heavy (non-hydrogen) atoms.